The van der Waals surface area contributed by atoms with Crippen molar-refractivity contribution >= 4 is 17.6 Å². The largest absolute Gasteiger partial charge is 0.391 e. The van der Waals surface area contributed by atoms with Gasteiger partial charge in [-0.15, -0.1) is 0 Å². The van der Waals surface area contributed by atoms with Gasteiger partial charge >= 0.3 is 0 Å². The van der Waals surface area contributed by atoms with E-state index in [1.54, 1.807) is 0 Å². The van der Waals surface area contributed by atoms with Crippen molar-refractivity contribution in [1.29, 1.82) is 0 Å². The van der Waals surface area contributed by atoms with E-state index in [-0.39, 0.29) is 6.10 Å². The van der Waals surface area contributed by atoms with E-state index >= 15 is 0 Å². The van der Waals surface area contributed by atoms with Gasteiger partial charge in [-0.3, -0.25) is 0 Å². The van der Waals surface area contributed by atoms with Gasteiger partial charge in [0.1, 0.15) is 11.6 Å². The summed E-state index contributed by atoms with van der Waals surface area (Å²) in [5, 5.41) is 9.65. The number of anilines is 3. The second-order valence-corrected chi connectivity index (χ2v) is 5.62. The van der Waals surface area contributed by atoms with Crippen LogP contribution in [0.2, 0.25) is 0 Å². The Hall–Kier alpha value is -1.60. The molecule has 110 valence electrons. The number of rotatable bonds is 2. The smallest absolute Gasteiger partial charge is 0.223 e. The third kappa shape index (κ3) is 2.78. The van der Waals surface area contributed by atoms with Crippen LogP contribution in [-0.2, 0) is 0 Å². The van der Waals surface area contributed by atoms with Crippen LogP contribution in [0.3, 0.4) is 0 Å². The maximum atomic E-state index is 9.65. The van der Waals surface area contributed by atoms with Crippen LogP contribution >= 0.6 is 0 Å². The predicted molar refractivity (Wildman–Crippen MR) is 79.0 cm³/mol. The highest BCUT2D eigenvalue weighted by Gasteiger charge is 2.23. The summed E-state index contributed by atoms with van der Waals surface area (Å²) in [7, 11) is 2.13. The Morgan fingerprint density at radius 1 is 1.10 bits per heavy atom. The van der Waals surface area contributed by atoms with Crippen LogP contribution < -0.4 is 15.5 Å². The van der Waals surface area contributed by atoms with Gasteiger partial charge in [-0.1, -0.05) is 0 Å². The Balaban J connectivity index is 1.79. The van der Waals surface area contributed by atoms with Crippen molar-refractivity contribution in [2.24, 2.45) is 0 Å². The van der Waals surface area contributed by atoms with Gasteiger partial charge < -0.3 is 25.5 Å². The molecule has 0 saturated carbocycles. The van der Waals surface area contributed by atoms with Crippen molar-refractivity contribution in [3.05, 3.63) is 6.07 Å². The van der Waals surface area contributed by atoms with Crippen LogP contribution in [0.4, 0.5) is 17.6 Å². The number of likely N-dealkylation sites (N-methyl/N-ethyl adjacent to an activating group) is 1. The summed E-state index contributed by atoms with van der Waals surface area (Å²) in [5.41, 5.74) is 5.85. The third-order valence-corrected chi connectivity index (χ3v) is 4.03. The molecule has 3 N–H and O–H groups in total. The topological polar surface area (TPSA) is 81.8 Å². The van der Waals surface area contributed by atoms with E-state index in [0.29, 0.717) is 12.5 Å². The maximum Gasteiger partial charge on any atom is 0.223 e. The standard InChI is InChI=1S/C13H22N6O/c1-17-4-6-18(7-5-17)11-8-12(16-13(14)15-11)19-3-2-10(20)9-19/h8,10,20H,2-7,9H2,1H3,(H2,14,15,16). The fourth-order valence-electron chi connectivity index (χ4n) is 2.75. The van der Waals surface area contributed by atoms with Crippen molar-refractivity contribution in [3.8, 4) is 0 Å². The van der Waals surface area contributed by atoms with Crippen molar-refractivity contribution in [2.45, 2.75) is 12.5 Å². The van der Waals surface area contributed by atoms with E-state index in [1.807, 2.05) is 6.07 Å². The first-order valence-electron chi connectivity index (χ1n) is 7.13. The predicted octanol–water partition coefficient (Wildman–Crippen LogP) is -0.618. The monoisotopic (exact) mass is 278 g/mol. The molecule has 0 spiro atoms. The van der Waals surface area contributed by atoms with Gasteiger partial charge in [-0.2, -0.15) is 9.97 Å². The molecular formula is C13H22N6O. The number of β-amino-alcohol motifs (C(OH)–C–C–N with tert-alkyl or cyclic N) is 1. The van der Waals surface area contributed by atoms with Crippen LogP contribution in [0.5, 0.6) is 0 Å². The molecule has 0 amide bonds. The van der Waals surface area contributed by atoms with Crippen molar-refractivity contribution < 1.29 is 5.11 Å². The molecule has 7 heteroatoms. The average Bonchev–Trinajstić information content (AvgIpc) is 2.85. The van der Waals surface area contributed by atoms with Crippen molar-refractivity contribution in [1.82, 2.24) is 14.9 Å². The molecule has 0 bridgehead atoms. The molecule has 20 heavy (non-hydrogen) atoms. The van der Waals surface area contributed by atoms with Gasteiger partial charge in [-0.25, -0.2) is 0 Å². The van der Waals surface area contributed by atoms with Gasteiger partial charge in [0, 0.05) is 45.3 Å². The lowest BCUT2D eigenvalue weighted by Crippen LogP contribution is -2.45. The van der Waals surface area contributed by atoms with E-state index < -0.39 is 0 Å². The molecule has 2 aliphatic heterocycles. The van der Waals surface area contributed by atoms with Gasteiger partial charge in [0.2, 0.25) is 5.95 Å². The minimum absolute atomic E-state index is 0.265. The number of piperazine rings is 1. The Morgan fingerprint density at radius 2 is 1.75 bits per heavy atom. The molecule has 2 fully saturated rings. The van der Waals surface area contributed by atoms with Crippen LogP contribution in [0, 0.1) is 0 Å². The van der Waals surface area contributed by atoms with Gasteiger partial charge in [-0.05, 0) is 13.5 Å². The second-order valence-electron chi connectivity index (χ2n) is 5.62. The molecule has 7 nitrogen and oxygen atoms in total. The lowest BCUT2D eigenvalue weighted by molar-refractivity contribution is 0.198. The normalized spacial score (nSPS) is 24.4. The SMILES string of the molecule is CN1CCN(c2cc(N3CCC(O)C3)nc(N)n2)CC1. The fraction of sp³-hybridized carbons (Fsp3) is 0.692. The van der Waals surface area contributed by atoms with E-state index in [2.05, 4.69) is 31.7 Å². The second kappa shape index (κ2) is 5.41. The highest BCUT2D eigenvalue weighted by Crippen LogP contribution is 2.24. The molecule has 3 rings (SSSR count). The number of aliphatic hydroxyl groups is 1. The minimum Gasteiger partial charge on any atom is -0.391 e. The molecule has 2 aliphatic rings. The first kappa shape index (κ1) is 13.4. The molecule has 1 aromatic heterocycles. The fourth-order valence-corrected chi connectivity index (χ4v) is 2.75. The third-order valence-electron chi connectivity index (χ3n) is 4.03. The van der Waals surface area contributed by atoms with Gasteiger partial charge in [0.25, 0.3) is 0 Å². The molecular weight excluding hydrogens is 256 g/mol. The lowest BCUT2D eigenvalue weighted by atomic mass is 10.3. The summed E-state index contributed by atoms with van der Waals surface area (Å²) in [6, 6.07) is 1.99. The molecule has 0 aromatic carbocycles. The minimum atomic E-state index is -0.265. The molecule has 1 atom stereocenters. The molecule has 1 unspecified atom stereocenters. The molecule has 0 aliphatic carbocycles. The molecule has 1 aromatic rings. The Morgan fingerprint density at radius 3 is 2.35 bits per heavy atom. The summed E-state index contributed by atoms with van der Waals surface area (Å²) in [5.74, 6) is 2.02. The summed E-state index contributed by atoms with van der Waals surface area (Å²) in [6.45, 7) is 5.41. The molecule has 0 radical (unpaired) electrons. The Bertz CT molecular complexity index is 474. The van der Waals surface area contributed by atoms with Crippen molar-refractivity contribution in [3.63, 3.8) is 0 Å². The van der Waals surface area contributed by atoms with E-state index in [9.17, 15) is 5.11 Å². The van der Waals surface area contributed by atoms with E-state index in [4.69, 9.17) is 5.73 Å². The van der Waals surface area contributed by atoms with Crippen molar-refractivity contribution in [2.75, 3.05) is 61.8 Å². The molecule has 3 heterocycles. The lowest BCUT2D eigenvalue weighted by Gasteiger charge is -2.33. The highest BCUT2D eigenvalue weighted by molar-refractivity contribution is 5.54. The number of hydrogen-bond donors (Lipinski definition) is 2. The first-order chi connectivity index (χ1) is 9.61. The number of nitrogens with zero attached hydrogens (tertiary/aromatic N) is 5. The average molecular weight is 278 g/mol. The van der Waals surface area contributed by atoms with Crippen LogP contribution in [0.25, 0.3) is 0 Å². The summed E-state index contributed by atoms with van der Waals surface area (Å²) >= 11 is 0. The number of nitrogens with two attached hydrogens (primary N) is 1. The van der Waals surface area contributed by atoms with Crippen LogP contribution in [-0.4, -0.2) is 72.4 Å². The first-order valence-corrected chi connectivity index (χ1v) is 7.13. The van der Waals surface area contributed by atoms with Crippen LogP contribution in [0.15, 0.2) is 6.07 Å². The van der Waals surface area contributed by atoms with Gasteiger partial charge in [0.15, 0.2) is 0 Å². The van der Waals surface area contributed by atoms with Gasteiger partial charge in [0.05, 0.1) is 6.10 Å². The van der Waals surface area contributed by atoms with E-state index in [0.717, 1.165) is 50.8 Å². The highest BCUT2D eigenvalue weighted by atomic mass is 16.3. The quantitative estimate of drug-likeness (QED) is 0.746. The summed E-state index contributed by atoms with van der Waals surface area (Å²) in [4.78, 5) is 15.3. The Labute approximate surface area is 119 Å². The molecule has 2 saturated heterocycles. The number of aliphatic hydroxyl groups excluding tert-OH is 1. The summed E-state index contributed by atoms with van der Waals surface area (Å²) < 4.78 is 0. The zero-order valence-corrected chi connectivity index (χ0v) is 11.9. The van der Waals surface area contributed by atoms with Crippen LogP contribution in [0.1, 0.15) is 6.42 Å². The Kier molecular flexibility index (Phi) is 3.62. The number of hydrogen-bond acceptors (Lipinski definition) is 7. The zero-order valence-electron chi connectivity index (χ0n) is 11.9. The number of nitrogen functional groups attached to an aromatic ring is 1. The zero-order chi connectivity index (χ0) is 14.1. The summed E-state index contributed by atoms with van der Waals surface area (Å²) in [6.07, 6.45) is 0.520. The maximum absolute atomic E-state index is 9.65. The number of aromatic nitrogens is 2. The van der Waals surface area contributed by atoms with E-state index in [1.165, 1.54) is 0 Å².